The molecule has 0 saturated heterocycles. The molecule has 1 fully saturated rings. The van der Waals surface area contributed by atoms with Crippen molar-refractivity contribution in [3.8, 4) is 0 Å². The molecule has 1 aliphatic carbocycles. The lowest BCUT2D eigenvalue weighted by atomic mass is 10.0. The SMILES string of the molecule is CN(C(=O)c1cc2nc(N)c3c(c2[nH]1)COC3)[C@@H]1COCc2nc(C3CC3)ccc21. The van der Waals surface area contributed by atoms with Crippen molar-refractivity contribution in [2.24, 2.45) is 0 Å². The minimum absolute atomic E-state index is 0.119. The van der Waals surface area contributed by atoms with E-state index in [9.17, 15) is 4.79 Å². The van der Waals surface area contributed by atoms with Crippen LogP contribution in [0.4, 0.5) is 5.82 Å². The highest BCUT2D eigenvalue weighted by molar-refractivity contribution is 5.98. The summed E-state index contributed by atoms with van der Waals surface area (Å²) in [7, 11) is 1.81. The predicted molar refractivity (Wildman–Crippen MR) is 110 cm³/mol. The van der Waals surface area contributed by atoms with Gasteiger partial charge in [0, 0.05) is 35.3 Å². The summed E-state index contributed by atoms with van der Waals surface area (Å²) in [5.74, 6) is 0.937. The number of aromatic amines is 1. The van der Waals surface area contributed by atoms with E-state index in [-0.39, 0.29) is 11.9 Å². The molecule has 3 aromatic heterocycles. The van der Waals surface area contributed by atoms with Gasteiger partial charge in [-0.1, -0.05) is 6.07 Å². The van der Waals surface area contributed by atoms with Gasteiger partial charge in [0.15, 0.2) is 0 Å². The van der Waals surface area contributed by atoms with Crippen LogP contribution in [0.5, 0.6) is 0 Å². The number of amides is 1. The van der Waals surface area contributed by atoms with Gasteiger partial charge in [-0.3, -0.25) is 9.78 Å². The predicted octanol–water partition coefficient (Wildman–Crippen LogP) is 2.79. The maximum absolute atomic E-state index is 13.3. The maximum atomic E-state index is 13.3. The van der Waals surface area contributed by atoms with E-state index < -0.39 is 0 Å². The van der Waals surface area contributed by atoms with Gasteiger partial charge in [0.2, 0.25) is 0 Å². The summed E-state index contributed by atoms with van der Waals surface area (Å²) in [5.41, 5.74) is 13.1. The number of nitrogens with one attached hydrogen (secondary N) is 1. The molecule has 2 aliphatic heterocycles. The van der Waals surface area contributed by atoms with E-state index in [0.717, 1.165) is 33.6 Å². The molecule has 30 heavy (non-hydrogen) atoms. The number of nitrogens with two attached hydrogens (primary N) is 1. The zero-order valence-electron chi connectivity index (χ0n) is 16.8. The number of hydrogen-bond donors (Lipinski definition) is 2. The molecule has 3 aromatic rings. The molecule has 0 bridgehead atoms. The highest BCUT2D eigenvalue weighted by Gasteiger charge is 2.32. The van der Waals surface area contributed by atoms with Crippen molar-refractivity contribution < 1.29 is 14.3 Å². The Balaban J connectivity index is 1.33. The van der Waals surface area contributed by atoms with Gasteiger partial charge < -0.3 is 25.1 Å². The highest BCUT2D eigenvalue weighted by Crippen LogP contribution is 2.40. The minimum Gasteiger partial charge on any atom is -0.383 e. The average molecular weight is 405 g/mol. The number of pyridine rings is 2. The Morgan fingerprint density at radius 2 is 2.00 bits per heavy atom. The summed E-state index contributed by atoms with van der Waals surface area (Å²) in [6.07, 6.45) is 2.42. The molecule has 3 N–H and O–H groups in total. The van der Waals surface area contributed by atoms with Crippen LogP contribution in [-0.2, 0) is 29.3 Å². The highest BCUT2D eigenvalue weighted by atomic mass is 16.5. The second-order valence-corrected chi connectivity index (χ2v) is 8.38. The zero-order valence-corrected chi connectivity index (χ0v) is 16.8. The summed E-state index contributed by atoms with van der Waals surface area (Å²) in [6.45, 7) is 1.88. The first-order valence-corrected chi connectivity index (χ1v) is 10.3. The van der Waals surface area contributed by atoms with Crippen molar-refractivity contribution in [1.82, 2.24) is 19.9 Å². The van der Waals surface area contributed by atoms with Crippen LogP contribution in [0.2, 0.25) is 0 Å². The molecule has 8 nitrogen and oxygen atoms in total. The Labute approximate surface area is 173 Å². The molecule has 5 heterocycles. The Bertz CT molecular complexity index is 1180. The van der Waals surface area contributed by atoms with E-state index in [1.54, 1.807) is 18.0 Å². The molecule has 0 unspecified atom stereocenters. The molecule has 0 radical (unpaired) electrons. The Morgan fingerprint density at radius 1 is 1.17 bits per heavy atom. The van der Waals surface area contributed by atoms with Crippen LogP contribution in [-0.4, -0.2) is 39.4 Å². The summed E-state index contributed by atoms with van der Waals surface area (Å²) in [4.78, 5) is 27.6. The topological polar surface area (TPSA) is 106 Å². The van der Waals surface area contributed by atoms with Crippen molar-refractivity contribution in [3.63, 3.8) is 0 Å². The second-order valence-electron chi connectivity index (χ2n) is 8.38. The molecule has 0 aromatic carbocycles. The van der Waals surface area contributed by atoms with Crippen molar-refractivity contribution in [1.29, 1.82) is 0 Å². The lowest BCUT2D eigenvalue weighted by Crippen LogP contribution is -2.36. The van der Waals surface area contributed by atoms with Crippen LogP contribution in [0.3, 0.4) is 0 Å². The normalized spacial score (nSPS) is 20.2. The Morgan fingerprint density at radius 3 is 2.83 bits per heavy atom. The molecule has 154 valence electrons. The minimum atomic E-state index is -0.180. The van der Waals surface area contributed by atoms with Crippen molar-refractivity contribution in [2.75, 3.05) is 19.4 Å². The van der Waals surface area contributed by atoms with Crippen LogP contribution in [0.15, 0.2) is 18.2 Å². The summed E-state index contributed by atoms with van der Waals surface area (Å²) in [5, 5.41) is 0. The van der Waals surface area contributed by atoms with E-state index in [2.05, 4.69) is 22.1 Å². The fourth-order valence-corrected chi connectivity index (χ4v) is 4.52. The van der Waals surface area contributed by atoms with Gasteiger partial charge in [-0.25, -0.2) is 4.98 Å². The van der Waals surface area contributed by atoms with E-state index >= 15 is 0 Å². The smallest absolute Gasteiger partial charge is 0.270 e. The van der Waals surface area contributed by atoms with Gasteiger partial charge in [0.1, 0.15) is 11.5 Å². The largest absolute Gasteiger partial charge is 0.383 e. The summed E-state index contributed by atoms with van der Waals surface area (Å²) < 4.78 is 11.3. The van der Waals surface area contributed by atoms with Gasteiger partial charge in [-0.05, 0) is 25.0 Å². The Hall–Kier alpha value is -2.97. The van der Waals surface area contributed by atoms with E-state index in [4.69, 9.17) is 20.2 Å². The zero-order chi connectivity index (χ0) is 20.4. The molecular weight excluding hydrogens is 382 g/mol. The third kappa shape index (κ3) is 2.71. The first-order chi connectivity index (χ1) is 14.6. The van der Waals surface area contributed by atoms with E-state index in [0.29, 0.717) is 49.4 Å². The molecule has 8 heteroatoms. The number of rotatable bonds is 3. The molecule has 3 aliphatic rings. The average Bonchev–Trinajstić information content (AvgIpc) is 3.33. The third-order valence-corrected chi connectivity index (χ3v) is 6.42. The van der Waals surface area contributed by atoms with E-state index in [1.165, 1.54) is 12.8 Å². The van der Waals surface area contributed by atoms with Gasteiger partial charge in [-0.15, -0.1) is 0 Å². The van der Waals surface area contributed by atoms with Gasteiger partial charge in [0.25, 0.3) is 5.91 Å². The number of likely N-dealkylation sites (N-methyl/N-ethyl adjacent to an activating group) is 1. The number of hydrogen-bond acceptors (Lipinski definition) is 6. The van der Waals surface area contributed by atoms with Crippen LogP contribution >= 0.6 is 0 Å². The molecule has 1 amide bonds. The number of ether oxygens (including phenoxy) is 2. The van der Waals surface area contributed by atoms with Gasteiger partial charge >= 0.3 is 0 Å². The first-order valence-electron chi connectivity index (χ1n) is 10.3. The van der Waals surface area contributed by atoms with Crippen LogP contribution in [0, 0.1) is 0 Å². The lowest BCUT2D eigenvalue weighted by Gasteiger charge is -2.32. The molecule has 1 atom stereocenters. The standard InChI is InChI=1S/C22H23N5O3/c1-27(19-10-30-9-18-12(19)4-5-15(24-18)11-2-3-11)22(28)17-6-16-20(25-17)13-7-29-8-14(13)21(23)26-16/h4-6,11,19,25H,2-3,7-10H2,1H3,(H2,23,26)/t19-/m1/s1. The fraction of sp³-hybridized carbons (Fsp3) is 0.409. The number of aromatic nitrogens is 3. The number of H-pyrrole nitrogens is 1. The van der Waals surface area contributed by atoms with Crippen LogP contribution < -0.4 is 5.73 Å². The maximum Gasteiger partial charge on any atom is 0.270 e. The second kappa shape index (κ2) is 6.52. The number of fused-ring (bicyclic) bond motifs is 4. The van der Waals surface area contributed by atoms with E-state index in [1.807, 2.05) is 0 Å². The van der Waals surface area contributed by atoms with Crippen LogP contribution in [0.1, 0.15) is 63.4 Å². The number of nitrogen functional groups attached to an aromatic ring is 1. The fourth-order valence-electron chi connectivity index (χ4n) is 4.52. The van der Waals surface area contributed by atoms with Gasteiger partial charge in [-0.2, -0.15) is 0 Å². The third-order valence-electron chi connectivity index (χ3n) is 6.42. The molecular formula is C22H23N5O3. The molecule has 0 spiro atoms. The van der Waals surface area contributed by atoms with Crippen molar-refractivity contribution in [3.05, 3.63) is 52.0 Å². The summed E-state index contributed by atoms with van der Waals surface area (Å²) in [6, 6.07) is 5.80. The molecule has 6 rings (SSSR count). The number of nitrogens with zero attached hydrogens (tertiary/aromatic N) is 3. The summed E-state index contributed by atoms with van der Waals surface area (Å²) >= 11 is 0. The van der Waals surface area contributed by atoms with Gasteiger partial charge in [0.05, 0.1) is 49.2 Å². The van der Waals surface area contributed by atoms with Crippen molar-refractivity contribution in [2.45, 2.75) is 44.6 Å². The monoisotopic (exact) mass is 405 g/mol. The number of anilines is 1. The number of carbonyl (C=O) groups excluding carboxylic acids is 1. The number of carbonyl (C=O) groups is 1. The lowest BCUT2D eigenvalue weighted by molar-refractivity contribution is 0.0326. The molecule has 1 saturated carbocycles. The van der Waals surface area contributed by atoms with Crippen LogP contribution in [0.25, 0.3) is 11.0 Å². The quantitative estimate of drug-likeness (QED) is 0.694. The van der Waals surface area contributed by atoms with Crippen molar-refractivity contribution >= 4 is 22.8 Å². The first kappa shape index (κ1) is 17.9. The Kier molecular flexibility index (Phi) is 3.88.